The highest BCUT2D eigenvalue weighted by molar-refractivity contribution is 5.74. The van der Waals surface area contributed by atoms with Gasteiger partial charge in [0.05, 0.1) is 17.6 Å². The zero-order valence-electron chi connectivity index (χ0n) is 25.0. The van der Waals surface area contributed by atoms with Crippen LogP contribution in [0.3, 0.4) is 0 Å². The van der Waals surface area contributed by atoms with E-state index in [0.29, 0.717) is 24.9 Å². The minimum Gasteiger partial charge on any atom is -0.481 e. The van der Waals surface area contributed by atoms with Crippen LogP contribution in [0.5, 0.6) is 0 Å². The third-order valence-electron chi connectivity index (χ3n) is 15.5. The van der Waals surface area contributed by atoms with E-state index in [1.807, 2.05) is 6.92 Å². The van der Waals surface area contributed by atoms with Crippen molar-refractivity contribution in [1.29, 1.82) is 0 Å². The standard InChI is InChI=1S/C34H52O5/c1-6-8-23-32-12-9-22-29(4)16-15-27(2)13-14-28(3,26(35)36)19-24(27)30(29,5)17-18-31(22)10-7-11-33(37,25(31)32)20-34(23,38)39-21-32/h7,11,22-25,37-38H,6,8-10,12-21H2,1-5H3,(H,35,36)/t22-,23-,24-,25+,27-,28-,29-,30+,31-,32+,33-,34+/m1/s1. The Balaban J connectivity index is 1.34. The van der Waals surface area contributed by atoms with Crippen LogP contribution >= 0.6 is 0 Å². The number of rotatable bonds is 3. The van der Waals surface area contributed by atoms with Crippen molar-refractivity contribution in [2.24, 2.45) is 56.2 Å². The van der Waals surface area contributed by atoms with Crippen LogP contribution in [0.15, 0.2) is 12.2 Å². The summed E-state index contributed by atoms with van der Waals surface area (Å²) in [5, 5.41) is 34.5. The smallest absolute Gasteiger partial charge is 0.309 e. The summed E-state index contributed by atoms with van der Waals surface area (Å²) in [6.07, 6.45) is 16.9. The second-order valence-electron chi connectivity index (χ2n) is 16.9. The van der Waals surface area contributed by atoms with E-state index in [1.54, 1.807) is 0 Å². The number of aliphatic carboxylic acids is 1. The second-order valence-corrected chi connectivity index (χ2v) is 16.9. The zero-order chi connectivity index (χ0) is 27.9. The number of carboxylic acids is 1. The number of carboxylic acid groups (broad SMARTS) is 1. The van der Waals surface area contributed by atoms with Gasteiger partial charge < -0.3 is 20.1 Å². The molecule has 0 aromatic rings. The van der Waals surface area contributed by atoms with Crippen LogP contribution in [-0.2, 0) is 9.53 Å². The molecule has 39 heavy (non-hydrogen) atoms. The molecule has 6 fully saturated rings. The van der Waals surface area contributed by atoms with E-state index in [-0.39, 0.29) is 38.9 Å². The van der Waals surface area contributed by atoms with Crippen LogP contribution in [0.2, 0.25) is 0 Å². The first-order chi connectivity index (χ1) is 18.2. The fourth-order valence-electron chi connectivity index (χ4n) is 13.6. The van der Waals surface area contributed by atoms with Crippen molar-refractivity contribution in [3.63, 3.8) is 0 Å². The van der Waals surface area contributed by atoms with Crippen LogP contribution in [-0.4, -0.2) is 39.3 Å². The molecule has 1 heterocycles. The van der Waals surface area contributed by atoms with Gasteiger partial charge >= 0.3 is 5.97 Å². The summed E-state index contributed by atoms with van der Waals surface area (Å²) >= 11 is 0. The molecule has 2 spiro atoms. The van der Waals surface area contributed by atoms with Gasteiger partial charge in [-0.3, -0.25) is 4.79 Å². The molecule has 0 aromatic carbocycles. The average molecular weight is 541 g/mol. The first-order valence-corrected chi connectivity index (χ1v) is 16.2. The number of allylic oxidation sites excluding steroid dienone is 1. The lowest BCUT2D eigenvalue weighted by Crippen LogP contribution is -2.74. The predicted octanol–water partition coefficient (Wildman–Crippen LogP) is 6.71. The van der Waals surface area contributed by atoms with Gasteiger partial charge in [0.25, 0.3) is 0 Å². The van der Waals surface area contributed by atoms with Crippen molar-refractivity contribution in [2.75, 3.05) is 6.61 Å². The SMILES string of the molecule is CCC[C@@H]1[C@]23CC[C@H]4[C@@]5(CC=C[C@@](O)(C[C@]1(O)OC2)[C@H]35)CC[C@@]1(C)[C@@H]2C[C@](C)(C(=O)O)CC[C@]2(C)CC[C@]41C. The lowest BCUT2D eigenvalue weighted by molar-refractivity contribution is -0.309. The highest BCUT2D eigenvalue weighted by Crippen LogP contribution is 2.82. The summed E-state index contributed by atoms with van der Waals surface area (Å²) in [6.45, 7) is 12.4. The zero-order valence-corrected chi connectivity index (χ0v) is 25.0. The molecule has 0 radical (unpaired) electrons. The van der Waals surface area contributed by atoms with Gasteiger partial charge in [-0.15, -0.1) is 0 Å². The molecule has 6 aliphatic carbocycles. The molecule has 7 aliphatic rings. The van der Waals surface area contributed by atoms with E-state index in [4.69, 9.17) is 4.74 Å². The Morgan fingerprint density at radius 1 is 0.923 bits per heavy atom. The Morgan fingerprint density at radius 2 is 1.62 bits per heavy atom. The van der Waals surface area contributed by atoms with Gasteiger partial charge in [-0.05, 0) is 111 Å². The van der Waals surface area contributed by atoms with Gasteiger partial charge in [0.15, 0.2) is 5.79 Å². The lowest BCUT2D eigenvalue weighted by atomic mass is 9.28. The third-order valence-corrected chi connectivity index (χ3v) is 15.5. The Kier molecular flexibility index (Phi) is 5.34. The van der Waals surface area contributed by atoms with Crippen LogP contribution in [0.4, 0.5) is 0 Å². The van der Waals surface area contributed by atoms with E-state index >= 15 is 0 Å². The molecule has 1 saturated heterocycles. The highest BCUT2D eigenvalue weighted by atomic mass is 16.6. The number of carbonyl (C=O) groups is 1. The summed E-state index contributed by atoms with van der Waals surface area (Å²) in [5.41, 5.74) is -1.41. The summed E-state index contributed by atoms with van der Waals surface area (Å²) in [4.78, 5) is 12.5. The van der Waals surface area contributed by atoms with Crippen molar-refractivity contribution < 1.29 is 24.9 Å². The largest absolute Gasteiger partial charge is 0.481 e. The molecule has 218 valence electrons. The summed E-state index contributed by atoms with van der Waals surface area (Å²) < 4.78 is 6.33. The molecule has 5 heteroatoms. The molecule has 0 amide bonds. The topological polar surface area (TPSA) is 87.0 Å². The van der Waals surface area contributed by atoms with E-state index in [2.05, 4.69) is 39.8 Å². The van der Waals surface area contributed by atoms with Gasteiger partial charge in [-0.2, -0.15) is 0 Å². The first-order valence-electron chi connectivity index (χ1n) is 16.2. The van der Waals surface area contributed by atoms with Crippen molar-refractivity contribution in [3.05, 3.63) is 12.2 Å². The molecule has 2 bridgehead atoms. The fourth-order valence-corrected chi connectivity index (χ4v) is 13.6. The third kappa shape index (κ3) is 2.97. The van der Waals surface area contributed by atoms with Gasteiger partial charge in [-0.25, -0.2) is 0 Å². The van der Waals surface area contributed by atoms with Gasteiger partial charge in [0, 0.05) is 23.7 Å². The van der Waals surface area contributed by atoms with E-state index < -0.39 is 22.8 Å². The van der Waals surface area contributed by atoms with Crippen molar-refractivity contribution >= 4 is 5.97 Å². The van der Waals surface area contributed by atoms with Gasteiger partial charge in [-0.1, -0.05) is 46.3 Å². The van der Waals surface area contributed by atoms with Crippen LogP contribution in [0.25, 0.3) is 0 Å². The quantitative estimate of drug-likeness (QED) is 0.346. The molecule has 12 atom stereocenters. The molecular formula is C34H52O5. The van der Waals surface area contributed by atoms with E-state index in [0.717, 1.165) is 64.2 Å². The first kappa shape index (κ1) is 27.0. The summed E-state index contributed by atoms with van der Waals surface area (Å²) in [6, 6.07) is 0. The number of aliphatic hydroxyl groups is 2. The molecular weight excluding hydrogens is 488 g/mol. The van der Waals surface area contributed by atoms with E-state index in [1.165, 1.54) is 12.8 Å². The fraction of sp³-hybridized carbons (Fsp3) is 0.912. The Hall–Kier alpha value is -0.910. The Morgan fingerprint density at radius 3 is 2.33 bits per heavy atom. The number of fused-ring (bicyclic) bond motifs is 5. The molecule has 0 aromatic heterocycles. The Bertz CT molecular complexity index is 1120. The van der Waals surface area contributed by atoms with Crippen molar-refractivity contribution in [1.82, 2.24) is 0 Å². The maximum absolute atomic E-state index is 12.5. The number of ether oxygens (including phenoxy) is 1. The number of hydrogen-bond acceptors (Lipinski definition) is 4. The second kappa shape index (κ2) is 7.72. The van der Waals surface area contributed by atoms with Gasteiger partial charge in [0.1, 0.15) is 0 Å². The van der Waals surface area contributed by atoms with Crippen LogP contribution in [0, 0.1) is 56.2 Å². The minimum atomic E-state index is -1.22. The van der Waals surface area contributed by atoms with Crippen molar-refractivity contribution in [2.45, 2.75) is 129 Å². The summed E-state index contributed by atoms with van der Waals surface area (Å²) in [7, 11) is 0. The van der Waals surface area contributed by atoms with Crippen LogP contribution < -0.4 is 0 Å². The highest BCUT2D eigenvalue weighted by Gasteiger charge is 2.80. The normalized spacial score (nSPS) is 61.0. The van der Waals surface area contributed by atoms with Crippen LogP contribution in [0.1, 0.15) is 118 Å². The maximum atomic E-state index is 12.5. The molecule has 1 aliphatic heterocycles. The minimum absolute atomic E-state index is 0.00947. The van der Waals surface area contributed by atoms with Gasteiger partial charge in [0.2, 0.25) is 0 Å². The molecule has 7 rings (SSSR count). The molecule has 0 unspecified atom stereocenters. The monoisotopic (exact) mass is 540 g/mol. The number of hydrogen-bond donors (Lipinski definition) is 3. The lowest BCUT2D eigenvalue weighted by Gasteiger charge is -2.77. The Labute approximate surface area is 235 Å². The summed E-state index contributed by atoms with van der Waals surface area (Å²) in [5.74, 6) is -0.731. The molecule has 5 saturated carbocycles. The van der Waals surface area contributed by atoms with Crippen molar-refractivity contribution in [3.8, 4) is 0 Å². The molecule has 3 N–H and O–H groups in total. The maximum Gasteiger partial charge on any atom is 0.309 e. The predicted molar refractivity (Wildman–Crippen MR) is 150 cm³/mol. The average Bonchev–Trinajstić information content (AvgIpc) is 3.06. The van der Waals surface area contributed by atoms with E-state index in [9.17, 15) is 20.1 Å². The molecule has 5 nitrogen and oxygen atoms in total.